The van der Waals surface area contributed by atoms with Gasteiger partial charge in [0, 0.05) is 17.7 Å². The Hall–Kier alpha value is -4.07. The lowest BCUT2D eigenvalue weighted by atomic mass is 9.98. The molecule has 33 heavy (non-hydrogen) atoms. The Morgan fingerprint density at radius 1 is 1.12 bits per heavy atom. The lowest BCUT2D eigenvalue weighted by molar-refractivity contribution is -0.384. The minimum absolute atomic E-state index is 0.0667. The van der Waals surface area contributed by atoms with Crippen molar-refractivity contribution in [2.24, 2.45) is 5.92 Å². The standard InChI is InChI=1S/C25H23N3O5/c1-16-13-14-26-23(22(16)28(31)32)27(24(29)19-11-12-19)15-17-7-9-18(10-8-17)20-5-3-4-6-21(20)25(30)33-2/h3-10,13-14,19H,11-12,15H2,1-2H3. The number of pyridine rings is 1. The summed E-state index contributed by atoms with van der Waals surface area (Å²) in [5, 5.41) is 11.7. The number of aromatic nitrogens is 1. The van der Waals surface area contributed by atoms with Crippen molar-refractivity contribution < 1.29 is 19.2 Å². The van der Waals surface area contributed by atoms with Crippen molar-refractivity contribution in [1.82, 2.24) is 4.98 Å². The predicted octanol–water partition coefficient (Wildman–Crippen LogP) is 4.70. The summed E-state index contributed by atoms with van der Waals surface area (Å²) in [7, 11) is 1.34. The molecule has 1 heterocycles. The average Bonchev–Trinajstić information content (AvgIpc) is 3.67. The zero-order valence-corrected chi connectivity index (χ0v) is 18.4. The molecule has 1 saturated carbocycles. The topological polar surface area (TPSA) is 103 Å². The number of amides is 1. The van der Waals surface area contributed by atoms with Gasteiger partial charge in [0.2, 0.25) is 11.7 Å². The third-order valence-corrected chi connectivity index (χ3v) is 5.68. The molecule has 1 fully saturated rings. The molecule has 2 aromatic carbocycles. The SMILES string of the molecule is COC(=O)c1ccccc1-c1ccc(CN(C(=O)C2CC2)c2nccc(C)c2[N+](=O)[O-])cc1. The molecule has 1 aliphatic rings. The molecule has 0 bridgehead atoms. The molecule has 0 N–H and O–H groups in total. The summed E-state index contributed by atoms with van der Waals surface area (Å²) in [5.41, 5.74) is 3.10. The van der Waals surface area contributed by atoms with Crippen LogP contribution in [0.4, 0.5) is 11.5 Å². The number of carbonyl (C=O) groups excluding carboxylic acids is 2. The molecule has 1 aromatic heterocycles. The molecule has 4 rings (SSSR count). The summed E-state index contributed by atoms with van der Waals surface area (Å²) < 4.78 is 4.87. The first-order chi connectivity index (χ1) is 15.9. The van der Waals surface area contributed by atoms with E-state index in [1.54, 1.807) is 25.1 Å². The van der Waals surface area contributed by atoms with Crippen molar-refractivity contribution in [2.75, 3.05) is 12.0 Å². The highest BCUT2D eigenvalue weighted by atomic mass is 16.6. The van der Waals surface area contributed by atoms with Crippen molar-refractivity contribution in [3.8, 4) is 11.1 Å². The van der Waals surface area contributed by atoms with E-state index < -0.39 is 10.9 Å². The zero-order valence-electron chi connectivity index (χ0n) is 18.4. The van der Waals surface area contributed by atoms with E-state index in [1.807, 2.05) is 36.4 Å². The van der Waals surface area contributed by atoms with Crippen LogP contribution >= 0.6 is 0 Å². The fraction of sp³-hybridized carbons (Fsp3) is 0.240. The Balaban J connectivity index is 1.67. The number of ether oxygens (including phenoxy) is 1. The summed E-state index contributed by atoms with van der Waals surface area (Å²) in [6.07, 6.45) is 3.04. The number of carbonyl (C=O) groups is 2. The molecule has 0 unspecified atom stereocenters. The van der Waals surface area contributed by atoms with Gasteiger partial charge in [-0.1, -0.05) is 42.5 Å². The van der Waals surface area contributed by atoms with E-state index in [1.165, 1.54) is 18.2 Å². The summed E-state index contributed by atoms with van der Waals surface area (Å²) >= 11 is 0. The van der Waals surface area contributed by atoms with Gasteiger partial charge < -0.3 is 4.74 Å². The lowest BCUT2D eigenvalue weighted by Crippen LogP contribution is -2.33. The van der Waals surface area contributed by atoms with Crippen molar-refractivity contribution >= 4 is 23.4 Å². The number of aryl methyl sites for hydroxylation is 1. The first-order valence-electron chi connectivity index (χ1n) is 10.6. The van der Waals surface area contributed by atoms with E-state index >= 15 is 0 Å². The molecule has 8 heteroatoms. The molecule has 1 aliphatic carbocycles. The van der Waals surface area contributed by atoms with E-state index in [4.69, 9.17) is 4.74 Å². The van der Waals surface area contributed by atoms with Crippen LogP contribution in [0, 0.1) is 23.0 Å². The lowest BCUT2D eigenvalue weighted by Gasteiger charge is -2.22. The van der Waals surface area contributed by atoms with Crippen molar-refractivity contribution in [3.05, 3.63) is 87.6 Å². The van der Waals surface area contributed by atoms with Crippen LogP contribution in [0.2, 0.25) is 0 Å². The fourth-order valence-electron chi connectivity index (χ4n) is 3.76. The maximum Gasteiger partial charge on any atom is 0.338 e. The van der Waals surface area contributed by atoms with Gasteiger partial charge in [-0.25, -0.2) is 9.78 Å². The minimum atomic E-state index is -0.488. The van der Waals surface area contributed by atoms with Crippen LogP contribution in [0.1, 0.15) is 34.3 Å². The second kappa shape index (κ2) is 9.20. The zero-order chi connectivity index (χ0) is 23.5. The van der Waals surface area contributed by atoms with Gasteiger partial charge in [-0.05, 0) is 48.6 Å². The molecule has 0 aliphatic heterocycles. The number of methoxy groups -OCH3 is 1. The Morgan fingerprint density at radius 3 is 2.45 bits per heavy atom. The number of esters is 1. The molecule has 0 saturated heterocycles. The second-order valence-electron chi connectivity index (χ2n) is 7.99. The van der Waals surface area contributed by atoms with Crippen LogP contribution in [0.3, 0.4) is 0 Å². The largest absolute Gasteiger partial charge is 0.465 e. The van der Waals surface area contributed by atoms with E-state index in [2.05, 4.69) is 4.98 Å². The Bertz CT molecular complexity index is 1220. The van der Waals surface area contributed by atoms with E-state index in [-0.39, 0.29) is 29.9 Å². The molecule has 0 radical (unpaired) electrons. The highest BCUT2D eigenvalue weighted by Crippen LogP contribution is 2.37. The van der Waals surface area contributed by atoms with E-state index in [0.717, 1.165) is 29.5 Å². The Kier molecular flexibility index (Phi) is 6.17. The normalized spacial score (nSPS) is 12.8. The van der Waals surface area contributed by atoms with Crippen molar-refractivity contribution in [3.63, 3.8) is 0 Å². The molecule has 3 aromatic rings. The summed E-state index contributed by atoms with van der Waals surface area (Å²) in [5.74, 6) is -0.639. The van der Waals surface area contributed by atoms with Gasteiger partial charge in [-0.15, -0.1) is 0 Å². The quantitative estimate of drug-likeness (QED) is 0.297. The highest BCUT2D eigenvalue weighted by molar-refractivity contribution is 5.98. The Labute approximate surface area is 191 Å². The van der Waals surface area contributed by atoms with Crippen molar-refractivity contribution in [1.29, 1.82) is 0 Å². The van der Waals surface area contributed by atoms with Crippen LogP contribution < -0.4 is 4.90 Å². The first kappa shape index (κ1) is 22.1. The number of anilines is 1. The maximum atomic E-state index is 13.0. The Morgan fingerprint density at radius 2 is 1.82 bits per heavy atom. The molecule has 8 nitrogen and oxygen atoms in total. The van der Waals surface area contributed by atoms with Crippen molar-refractivity contribution in [2.45, 2.75) is 26.3 Å². The smallest absolute Gasteiger partial charge is 0.338 e. The minimum Gasteiger partial charge on any atom is -0.465 e. The summed E-state index contributed by atoms with van der Waals surface area (Å²) in [6, 6.07) is 16.1. The second-order valence-corrected chi connectivity index (χ2v) is 7.99. The number of nitro groups is 1. The number of rotatable bonds is 7. The van der Waals surface area contributed by atoms with E-state index in [9.17, 15) is 19.7 Å². The monoisotopic (exact) mass is 445 g/mol. The highest BCUT2D eigenvalue weighted by Gasteiger charge is 2.37. The third-order valence-electron chi connectivity index (χ3n) is 5.68. The number of hydrogen-bond acceptors (Lipinski definition) is 6. The van der Waals surface area contributed by atoms with Gasteiger partial charge in [0.1, 0.15) is 0 Å². The van der Waals surface area contributed by atoms with Crippen LogP contribution in [0.5, 0.6) is 0 Å². The van der Waals surface area contributed by atoms with Gasteiger partial charge in [0.05, 0.1) is 24.1 Å². The van der Waals surface area contributed by atoms with Gasteiger partial charge in [-0.3, -0.25) is 19.8 Å². The van der Waals surface area contributed by atoms with Gasteiger partial charge in [0.15, 0.2) is 0 Å². The molecule has 168 valence electrons. The first-order valence-corrected chi connectivity index (χ1v) is 10.6. The van der Waals surface area contributed by atoms with Gasteiger partial charge in [0.25, 0.3) is 0 Å². The summed E-state index contributed by atoms with van der Waals surface area (Å²) in [4.78, 5) is 42.0. The molecular formula is C25H23N3O5. The molecular weight excluding hydrogens is 422 g/mol. The maximum absolute atomic E-state index is 13.0. The van der Waals surface area contributed by atoms with Gasteiger partial charge in [-0.2, -0.15) is 0 Å². The molecule has 1 amide bonds. The number of benzene rings is 2. The van der Waals surface area contributed by atoms with Crippen LogP contribution in [0.15, 0.2) is 60.8 Å². The summed E-state index contributed by atoms with van der Waals surface area (Å²) in [6.45, 7) is 1.79. The fourth-order valence-corrected chi connectivity index (χ4v) is 3.76. The van der Waals surface area contributed by atoms with Crippen LogP contribution in [-0.2, 0) is 16.1 Å². The number of nitrogens with zero attached hydrogens (tertiary/aromatic N) is 3. The number of hydrogen-bond donors (Lipinski definition) is 0. The molecule has 0 spiro atoms. The average molecular weight is 445 g/mol. The van der Waals surface area contributed by atoms with Crippen LogP contribution in [0.25, 0.3) is 11.1 Å². The van der Waals surface area contributed by atoms with Gasteiger partial charge >= 0.3 is 11.7 Å². The molecule has 0 atom stereocenters. The van der Waals surface area contributed by atoms with E-state index in [0.29, 0.717) is 11.1 Å². The predicted molar refractivity (Wildman–Crippen MR) is 123 cm³/mol. The van der Waals surface area contributed by atoms with Crippen LogP contribution in [-0.4, -0.2) is 28.9 Å². The third kappa shape index (κ3) is 4.59.